The van der Waals surface area contributed by atoms with Gasteiger partial charge in [0.2, 0.25) is 11.6 Å². The Bertz CT molecular complexity index is 817. The van der Waals surface area contributed by atoms with Crippen molar-refractivity contribution in [2.45, 2.75) is 42.0 Å². The smallest absolute Gasteiger partial charge is 0.205 e. The molecule has 0 radical (unpaired) electrons. The van der Waals surface area contributed by atoms with Gasteiger partial charge in [0.15, 0.2) is 11.2 Å². The largest absolute Gasteiger partial charge is 0.507 e. The number of aromatic hydroxyl groups is 1. The van der Waals surface area contributed by atoms with Gasteiger partial charge in [-0.1, -0.05) is 0 Å². The van der Waals surface area contributed by atoms with Crippen LogP contribution in [-0.4, -0.2) is 89.5 Å². The van der Waals surface area contributed by atoms with Crippen LogP contribution >= 0.6 is 0 Å². The molecule has 0 unspecified atom stereocenters. The van der Waals surface area contributed by atoms with Crippen molar-refractivity contribution in [2.24, 2.45) is 0 Å². The molecule has 10 heteroatoms. The van der Waals surface area contributed by atoms with Crippen LogP contribution in [0, 0.1) is 0 Å². The van der Waals surface area contributed by atoms with Gasteiger partial charge in [0.25, 0.3) is 0 Å². The number of carbonyl (C=O) groups is 2. The molecule has 1 fully saturated rings. The highest BCUT2D eigenvalue weighted by molar-refractivity contribution is 6.24. The first kappa shape index (κ1) is 18.7. The first-order valence-corrected chi connectivity index (χ1v) is 7.58. The summed E-state index contributed by atoms with van der Waals surface area (Å²) in [6.45, 7) is 0.819. The molecule has 142 valence electrons. The van der Waals surface area contributed by atoms with Crippen LogP contribution in [0.2, 0.25) is 0 Å². The Morgan fingerprint density at radius 1 is 0.962 bits per heavy atom. The van der Waals surface area contributed by atoms with E-state index in [1.54, 1.807) is 0 Å². The Morgan fingerprint density at radius 3 is 2.08 bits per heavy atom. The number of methoxy groups -OCH3 is 1. The topological polar surface area (TPSA) is 185 Å². The summed E-state index contributed by atoms with van der Waals surface area (Å²) < 4.78 is 4.88. The molecule has 0 amide bonds. The maximum absolute atomic E-state index is 12.9. The van der Waals surface area contributed by atoms with E-state index in [9.17, 15) is 45.3 Å². The molecule has 2 aliphatic carbocycles. The number of phenolic OH excluding ortho intramolecular Hbond substituents is 1. The van der Waals surface area contributed by atoms with Crippen molar-refractivity contribution in [1.82, 2.24) is 0 Å². The third kappa shape index (κ3) is 1.80. The van der Waals surface area contributed by atoms with E-state index < -0.39 is 63.6 Å². The van der Waals surface area contributed by atoms with Crippen LogP contribution in [-0.2, 0) is 0 Å². The summed E-state index contributed by atoms with van der Waals surface area (Å²) in [5.74, 6) is -3.78. The Labute approximate surface area is 146 Å². The van der Waals surface area contributed by atoms with E-state index in [1.807, 2.05) is 0 Å². The fraction of sp³-hybridized carbons (Fsp3) is 0.500. The second-order valence-electron chi connectivity index (χ2n) is 6.78. The average molecular weight is 370 g/mol. The second-order valence-corrected chi connectivity index (χ2v) is 6.78. The summed E-state index contributed by atoms with van der Waals surface area (Å²) in [5.41, 5.74) is -10.8. The molecule has 7 N–H and O–H groups in total. The van der Waals surface area contributed by atoms with Gasteiger partial charge in [-0.2, -0.15) is 0 Å². The molecule has 10 nitrogen and oxygen atoms in total. The van der Waals surface area contributed by atoms with E-state index in [0.29, 0.717) is 0 Å². The fourth-order valence-electron chi connectivity index (χ4n) is 3.70. The minimum atomic E-state index is -3.41. The number of carbonyl (C=O) groups excluding carboxylic acids is 2. The lowest BCUT2D eigenvalue weighted by molar-refractivity contribution is -0.304. The number of hydrogen-bond donors (Lipinski definition) is 7. The Morgan fingerprint density at radius 2 is 1.54 bits per heavy atom. The summed E-state index contributed by atoms with van der Waals surface area (Å²) in [6.07, 6.45) is -7.38. The van der Waals surface area contributed by atoms with Gasteiger partial charge in [-0.25, -0.2) is 0 Å². The number of aliphatic hydroxyl groups is 6. The Hall–Kier alpha value is -2.08. The number of ether oxygens (including phenoxy) is 1. The van der Waals surface area contributed by atoms with Crippen molar-refractivity contribution in [2.75, 3.05) is 7.11 Å². The van der Waals surface area contributed by atoms with Gasteiger partial charge < -0.3 is 40.5 Å². The number of hydrogen-bond acceptors (Lipinski definition) is 10. The normalized spacial score (nSPS) is 42.2. The number of ketones is 2. The molecule has 0 saturated heterocycles. The first-order chi connectivity index (χ1) is 11.9. The van der Waals surface area contributed by atoms with Gasteiger partial charge in [0.05, 0.1) is 12.7 Å². The van der Waals surface area contributed by atoms with Crippen LogP contribution in [0.1, 0.15) is 27.6 Å². The third-order valence-corrected chi connectivity index (χ3v) is 5.35. The predicted molar refractivity (Wildman–Crippen MR) is 81.9 cm³/mol. The fourth-order valence-corrected chi connectivity index (χ4v) is 3.70. The lowest BCUT2D eigenvalue weighted by Crippen LogP contribution is -2.86. The van der Waals surface area contributed by atoms with Gasteiger partial charge in [-0.05, 0) is 13.0 Å². The van der Waals surface area contributed by atoms with Crippen molar-refractivity contribution in [3.05, 3.63) is 23.3 Å². The van der Waals surface area contributed by atoms with Crippen LogP contribution in [0.25, 0.3) is 0 Å². The number of rotatable bonds is 1. The van der Waals surface area contributed by atoms with Gasteiger partial charge in [0.1, 0.15) is 35.4 Å². The predicted octanol–water partition coefficient (Wildman–Crippen LogP) is -2.91. The average Bonchev–Trinajstić information content (AvgIpc) is 2.60. The maximum atomic E-state index is 12.9. The zero-order chi connectivity index (χ0) is 19.8. The number of aliphatic hydroxyl groups excluding tert-OH is 3. The van der Waals surface area contributed by atoms with Crippen molar-refractivity contribution < 1.29 is 50.1 Å². The number of phenols is 1. The van der Waals surface area contributed by atoms with Crippen molar-refractivity contribution in [3.63, 3.8) is 0 Å². The highest BCUT2D eigenvalue weighted by Gasteiger charge is 2.78. The summed E-state index contributed by atoms with van der Waals surface area (Å²) in [6, 6.07) is 1.96. The lowest BCUT2D eigenvalue weighted by atomic mass is 9.54. The van der Waals surface area contributed by atoms with Crippen LogP contribution in [0.4, 0.5) is 0 Å². The van der Waals surface area contributed by atoms with Crippen molar-refractivity contribution in [3.8, 4) is 11.5 Å². The number of benzene rings is 1. The van der Waals surface area contributed by atoms with Crippen LogP contribution < -0.4 is 4.74 Å². The van der Waals surface area contributed by atoms with Crippen LogP contribution in [0.15, 0.2) is 12.1 Å². The zero-order valence-corrected chi connectivity index (χ0v) is 13.7. The van der Waals surface area contributed by atoms with E-state index in [4.69, 9.17) is 4.74 Å². The molecule has 0 heterocycles. The van der Waals surface area contributed by atoms with E-state index in [0.717, 1.165) is 19.1 Å². The summed E-state index contributed by atoms with van der Waals surface area (Å²) in [5, 5.41) is 72.6. The Balaban J connectivity index is 2.38. The summed E-state index contributed by atoms with van der Waals surface area (Å²) >= 11 is 0. The molecule has 3 rings (SSSR count). The minimum Gasteiger partial charge on any atom is -0.507 e. The molecular weight excluding hydrogens is 352 g/mol. The van der Waals surface area contributed by atoms with Crippen LogP contribution in [0.3, 0.4) is 0 Å². The van der Waals surface area contributed by atoms with E-state index >= 15 is 0 Å². The molecule has 1 aromatic rings. The maximum Gasteiger partial charge on any atom is 0.205 e. The third-order valence-electron chi connectivity index (χ3n) is 5.35. The van der Waals surface area contributed by atoms with Gasteiger partial charge in [-0.3, -0.25) is 9.59 Å². The molecule has 1 saturated carbocycles. The van der Waals surface area contributed by atoms with E-state index in [2.05, 4.69) is 0 Å². The molecule has 0 aromatic heterocycles. The highest BCUT2D eigenvalue weighted by Crippen LogP contribution is 2.51. The quantitative estimate of drug-likeness (QED) is 0.270. The molecule has 0 aliphatic heterocycles. The summed E-state index contributed by atoms with van der Waals surface area (Å²) in [4.78, 5) is 25.7. The first-order valence-electron chi connectivity index (χ1n) is 7.58. The second kappa shape index (κ2) is 5.22. The zero-order valence-electron chi connectivity index (χ0n) is 13.7. The van der Waals surface area contributed by atoms with E-state index in [1.165, 1.54) is 7.11 Å². The number of Topliss-reactive ketones (excluding diaryl/α,β-unsaturated/α-hetero) is 2. The highest BCUT2D eigenvalue weighted by atomic mass is 16.5. The van der Waals surface area contributed by atoms with Crippen LogP contribution in [0.5, 0.6) is 11.5 Å². The van der Waals surface area contributed by atoms with Gasteiger partial charge in [-0.15, -0.1) is 0 Å². The molecule has 26 heavy (non-hydrogen) atoms. The molecule has 2 aliphatic rings. The SMILES string of the molecule is COc1cc(O)c2c(c1)C(=O)[C@@]1(O)[C@@H](O)[C@](C)(O)[C@@H](O)[C@@H](O)[C@@]1(O)C2=O. The Kier molecular flexibility index (Phi) is 3.76. The van der Waals surface area contributed by atoms with E-state index in [-0.39, 0.29) is 5.75 Å². The number of fused-ring (bicyclic) bond motifs is 2. The molecular formula is C16H18O10. The summed E-state index contributed by atoms with van der Waals surface area (Å²) in [7, 11) is 1.21. The van der Waals surface area contributed by atoms with Crippen molar-refractivity contribution in [1.29, 1.82) is 0 Å². The standard InChI is InChI=1S/C16H18O10/c1-14(23)11(20)12(21)15(24)10(19)8-6(3-5(26-2)4-7(8)17)9(18)16(15,25)13(14)22/h3-4,11-13,17,20-25H,1-2H3/t11-,12+,13-,14+,15-,16+/m0/s1. The monoisotopic (exact) mass is 370 g/mol. The molecule has 1 aromatic carbocycles. The molecule has 0 bridgehead atoms. The molecule has 0 spiro atoms. The van der Waals surface area contributed by atoms with Gasteiger partial charge in [0, 0.05) is 11.6 Å². The molecule has 6 atom stereocenters. The minimum absolute atomic E-state index is 0.0610. The van der Waals surface area contributed by atoms with Gasteiger partial charge >= 0.3 is 0 Å². The lowest BCUT2D eigenvalue weighted by Gasteiger charge is -2.58. The van der Waals surface area contributed by atoms with Crippen molar-refractivity contribution >= 4 is 11.6 Å².